The molecule has 3 heteroatoms. The fourth-order valence-electron chi connectivity index (χ4n) is 0.257. The Kier molecular flexibility index (Phi) is 2.69. The number of aliphatic hydroxyl groups is 1. The Hall–Kier alpha value is -0.990. The van der Waals surface area contributed by atoms with Crippen molar-refractivity contribution in [2.75, 3.05) is 0 Å². The summed E-state index contributed by atoms with van der Waals surface area (Å²) in [5, 5.41) is 16.5. The van der Waals surface area contributed by atoms with Crippen molar-refractivity contribution in [3.8, 4) is 0 Å². The average molecular weight is 116 g/mol. The van der Waals surface area contributed by atoms with Crippen molar-refractivity contribution in [1.82, 2.24) is 0 Å². The summed E-state index contributed by atoms with van der Waals surface area (Å²) in [5.74, 6) is -1.11. The van der Waals surface area contributed by atoms with Crippen molar-refractivity contribution in [3.63, 3.8) is 0 Å². The van der Waals surface area contributed by atoms with Crippen LogP contribution in [0, 0.1) is 0 Å². The quantitative estimate of drug-likeness (QED) is 0.527. The van der Waals surface area contributed by atoms with Gasteiger partial charge in [0.05, 0.1) is 5.76 Å². The lowest BCUT2D eigenvalue weighted by Gasteiger charge is -1.89. The van der Waals surface area contributed by atoms with Gasteiger partial charge in [0, 0.05) is 0 Å². The van der Waals surface area contributed by atoms with Crippen LogP contribution in [-0.2, 0) is 4.79 Å². The Balaban J connectivity index is 3.56. The molecule has 46 valence electrons. The first kappa shape index (κ1) is 7.01. The first-order valence-corrected chi connectivity index (χ1v) is 2.22. The van der Waals surface area contributed by atoms with Crippen LogP contribution in [0.15, 0.2) is 11.8 Å². The standard InChI is InChI=1S/C5H8O3/c1-2-4(6)3-5(7)8/h2,6H,3H2,1H3,(H,7,8)/b4-2-. The maximum absolute atomic E-state index is 9.77. The smallest absolute Gasteiger partial charge is 0.310 e. The van der Waals surface area contributed by atoms with Gasteiger partial charge in [0.1, 0.15) is 6.42 Å². The topological polar surface area (TPSA) is 57.5 Å². The van der Waals surface area contributed by atoms with Gasteiger partial charge < -0.3 is 10.2 Å². The van der Waals surface area contributed by atoms with Gasteiger partial charge in [0.15, 0.2) is 0 Å². The Labute approximate surface area is 47.3 Å². The molecule has 0 amide bonds. The number of aliphatic hydroxyl groups excluding tert-OH is 1. The van der Waals surface area contributed by atoms with Crippen molar-refractivity contribution < 1.29 is 15.0 Å². The lowest BCUT2D eigenvalue weighted by Crippen LogP contribution is -1.95. The molecule has 0 saturated heterocycles. The van der Waals surface area contributed by atoms with Crippen LogP contribution in [0.1, 0.15) is 13.3 Å². The summed E-state index contributed by atoms with van der Waals surface area (Å²) < 4.78 is 0. The summed E-state index contributed by atoms with van der Waals surface area (Å²) in [4.78, 5) is 9.77. The van der Waals surface area contributed by atoms with Gasteiger partial charge in [-0.1, -0.05) is 0 Å². The predicted octanol–water partition coefficient (Wildman–Crippen LogP) is 0.923. The maximum Gasteiger partial charge on any atom is 0.310 e. The first-order valence-electron chi connectivity index (χ1n) is 2.22. The SMILES string of the molecule is C/C=C(\O)CC(=O)O. The zero-order valence-corrected chi connectivity index (χ0v) is 4.59. The fourth-order valence-corrected chi connectivity index (χ4v) is 0.257. The van der Waals surface area contributed by atoms with Crippen molar-refractivity contribution in [2.24, 2.45) is 0 Å². The molecule has 2 N–H and O–H groups in total. The molecule has 0 unspecified atom stereocenters. The minimum Gasteiger partial charge on any atom is -0.512 e. The third kappa shape index (κ3) is 3.21. The molecule has 0 fully saturated rings. The van der Waals surface area contributed by atoms with Crippen LogP contribution in [0.3, 0.4) is 0 Å². The van der Waals surface area contributed by atoms with Crippen molar-refractivity contribution >= 4 is 5.97 Å². The van der Waals surface area contributed by atoms with E-state index in [2.05, 4.69) is 0 Å². The van der Waals surface area contributed by atoms with E-state index in [-0.39, 0.29) is 12.2 Å². The van der Waals surface area contributed by atoms with Crippen LogP contribution in [0.4, 0.5) is 0 Å². The number of hydrogen-bond acceptors (Lipinski definition) is 2. The summed E-state index contributed by atoms with van der Waals surface area (Å²) in [6, 6.07) is 0. The molecule has 0 aromatic rings. The first-order chi connectivity index (χ1) is 3.66. The zero-order chi connectivity index (χ0) is 6.57. The monoisotopic (exact) mass is 116 g/mol. The number of rotatable bonds is 2. The van der Waals surface area contributed by atoms with Gasteiger partial charge in [-0.05, 0) is 13.0 Å². The number of aliphatic carboxylic acids is 1. The molecule has 0 aliphatic carbocycles. The largest absolute Gasteiger partial charge is 0.512 e. The van der Waals surface area contributed by atoms with Crippen LogP contribution in [0.25, 0.3) is 0 Å². The molecule has 0 aliphatic rings. The Bertz CT molecular complexity index is 115. The third-order valence-electron chi connectivity index (χ3n) is 0.666. The number of hydrogen-bond donors (Lipinski definition) is 2. The van der Waals surface area contributed by atoms with Crippen LogP contribution in [0.5, 0.6) is 0 Å². The summed E-state index contributed by atoms with van der Waals surface area (Å²) >= 11 is 0. The fraction of sp³-hybridized carbons (Fsp3) is 0.400. The lowest BCUT2D eigenvalue weighted by atomic mass is 10.3. The minimum absolute atomic E-state index is 0.0995. The molecule has 8 heavy (non-hydrogen) atoms. The molecule has 0 spiro atoms. The highest BCUT2D eigenvalue weighted by atomic mass is 16.4. The molecule has 0 bridgehead atoms. The number of carboxylic acid groups (broad SMARTS) is 1. The van der Waals surface area contributed by atoms with Crippen LogP contribution >= 0.6 is 0 Å². The van der Waals surface area contributed by atoms with Crippen LogP contribution in [0.2, 0.25) is 0 Å². The van der Waals surface area contributed by atoms with E-state index in [4.69, 9.17) is 10.2 Å². The Morgan fingerprint density at radius 3 is 2.25 bits per heavy atom. The minimum atomic E-state index is -1.01. The molecule has 3 nitrogen and oxygen atoms in total. The second-order valence-corrected chi connectivity index (χ2v) is 1.35. The summed E-state index contributed by atoms with van der Waals surface area (Å²) in [5.41, 5.74) is 0. The summed E-state index contributed by atoms with van der Waals surface area (Å²) in [6.45, 7) is 1.58. The van der Waals surface area contributed by atoms with E-state index < -0.39 is 5.97 Å². The molecule has 0 rings (SSSR count). The van der Waals surface area contributed by atoms with Crippen molar-refractivity contribution in [2.45, 2.75) is 13.3 Å². The van der Waals surface area contributed by atoms with Gasteiger partial charge in [-0.25, -0.2) is 0 Å². The molecule has 0 aromatic carbocycles. The van der Waals surface area contributed by atoms with E-state index in [1.165, 1.54) is 6.08 Å². The van der Waals surface area contributed by atoms with Crippen molar-refractivity contribution in [3.05, 3.63) is 11.8 Å². The van der Waals surface area contributed by atoms with Crippen LogP contribution < -0.4 is 0 Å². The molecule has 0 heterocycles. The Morgan fingerprint density at radius 2 is 2.12 bits per heavy atom. The molecule has 0 saturated carbocycles. The summed E-state index contributed by atoms with van der Waals surface area (Å²) in [7, 11) is 0. The van der Waals surface area contributed by atoms with E-state index >= 15 is 0 Å². The summed E-state index contributed by atoms with van der Waals surface area (Å²) in [6.07, 6.45) is 1.07. The van der Waals surface area contributed by atoms with E-state index in [1.54, 1.807) is 6.92 Å². The number of carbonyl (C=O) groups is 1. The van der Waals surface area contributed by atoms with Crippen LogP contribution in [-0.4, -0.2) is 16.2 Å². The highest BCUT2D eigenvalue weighted by molar-refractivity contribution is 5.69. The Morgan fingerprint density at radius 1 is 1.62 bits per heavy atom. The lowest BCUT2D eigenvalue weighted by molar-refractivity contribution is -0.136. The van der Waals surface area contributed by atoms with E-state index in [0.717, 1.165) is 0 Å². The highest BCUT2D eigenvalue weighted by Crippen LogP contribution is 1.92. The van der Waals surface area contributed by atoms with E-state index in [0.29, 0.717) is 0 Å². The maximum atomic E-state index is 9.77. The average Bonchev–Trinajstić information content (AvgIpc) is 1.65. The third-order valence-corrected chi connectivity index (χ3v) is 0.666. The molecular weight excluding hydrogens is 108 g/mol. The van der Waals surface area contributed by atoms with Crippen molar-refractivity contribution in [1.29, 1.82) is 0 Å². The second-order valence-electron chi connectivity index (χ2n) is 1.35. The number of carboxylic acids is 1. The van der Waals surface area contributed by atoms with Gasteiger partial charge in [-0.15, -0.1) is 0 Å². The number of allylic oxidation sites excluding steroid dienone is 1. The second kappa shape index (κ2) is 3.07. The van der Waals surface area contributed by atoms with Gasteiger partial charge in [0.2, 0.25) is 0 Å². The van der Waals surface area contributed by atoms with Gasteiger partial charge in [0.25, 0.3) is 0 Å². The van der Waals surface area contributed by atoms with Gasteiger partial charge >= 0.3 is 5.97 Å². The van der Waals surface area contributed by atoms with E-state index in [9.17, 15) is 4.79 Å². The van der Waals surface area contributed by atoms with Gasteiger partial charge in [-0.3, -0.25) is 4.79 Å². The predicted molar refractivity (Wildman–Crippen MR) is 28.6 cm³/mol. The molecular formula is C5H8O3. The zero-order valence-electron chi connectivity index (χ0n) is 4.59. The molecule has 0 aromatic heterocycles. The normalized spacial score (nSPS) is 11.4. The highest BCUT2D eigenvalue weighted by Gasteiger charge is 1.97. The molecule has 0 aliphatic heterocycles. The van der Waals surface area contributed by atoms with E-state index in [1.807, 2.05) is 0 Å². The molecule has 0 radical (unpaired) electrons. The molecule has 0 atom stereocenters. The van der Waals surface area contributed by atoms with Gasteiger partial charge in [-0.2, -0.15) is 0 Å².